The highest BCUT2D eigenvalue weighted by Gasteiger charge is 2.23. The van der Waals surface area contributed by atoms with Crippen molar-refractivity contribution in [1.82, 2.24) is 5.32 Å². The quantitative estimate of drug-likeness (QED) is 0.843. The van der Waals surface area contributed by atoms with E-state index >= 15 is 0 Å². The van der Waals surface area contributed by atoms with Gasteiger partial charge in [-0.15, -0.1) is 11.3 Å². The summed E-state index contributed by atoms with van der Waals surface area (Å²) in [6, 6.07) is 11.1. The Balaban J connectivity index is 1.56. The molecule has 0 saturated heterocycles. The van der Waals surface area contributed by atoms with E-state index in [9.17, 15) is 0 Å². The fraction of sp³-hybridized carbons (Fsp3) is 0.333. The molecule has 0 bridgehead atoms. The number of halogens is 1. The molecule has 0 amide bonds. The minimum Gasteiger partial charge on any atom is -0.308 e. The van der Waals surface area contributed by atoms with Crippen molar-refractivity contribution >= 4 is 27.3 Å². The number of hydrogen-bond donors (Lipinski definition) is 1. The molecule has 3 heteroatoms. The van der Waals surface area contributed by atoms with Crippen LogP contribution in [0.25, 0.3) is 0 Å². The van der Waals surface area contributed by atoms with E-state index in [1.165, 1.54) is 33.3 Å². The summed E-state index contributed by atoms with van der Waals surface area (Å²) in [4.78, 5) is 1.37. The molecule has 0 unspecified atom stereocenters. The molecule has 1 nitrogen and oxygen atoms in total. The second kappa shape index (κ2) is 5.55. The molecule has 3 rings (SSSR count). The van der Waals surface area contributed by atoms with Gasteiger partial charge in [0.25, 0.3) is 0 Å². The van der Waals surface area contributed by atoms with Crippen LogP contribution in [0.4, 0.5) is 0 Å². The largest absolute Gasteiger partial charge is 0.308 e. The number of benzene rings is 1. The van der Waals surface area contributed by atoms with Gasteiger partial charge in [0.05, 0.1) is 0 Å². The molecule has 1 aromatic carbocycles. The van der Waals surface area contributed by atoms with E-state index in [0.29, 0.717) is 0 Å². The fourth-order valence-electron chi connectivity index (χ4n) is 2.15. The third-order valence-corrected chi connectivity index (χ3v) is 5.23. The Kier molecular flexibility index (Phi) is 3.83. The monoisotopic (exact) mass is 321 g/mol. The molecule has 94 valence electrons. The molecule has 1 saturated carbocycles. The minimum absolute atomic E-state index is 0.844. The highest BCUT2D eigenvalue weighted by atomic mass is 79.9. The summed E-state index contributed by atoms with van der Waals surface area (Å²) >= 11 is 5.36. The predicted octanol–water partition coefficient (Wildman–Crippen LogP) is 4.68. The first-order valence-corrected chi connectivity index (χ1v) is 8.01. The Morgan fingerprint density at radius 2 is 2.11 bits per heavy atom. The van der Waals surface area contributed by atoms with Crippen LogP contribution in [0.2, 0.25) is 0 Å². The lowest BCUT2D eigenvalue weighted by molar-refractivity contribution is 0.698. The summed E-state index contributed by atoms with van der Waals surface area (Å²) in [6.07, 6.45) is 2.75. The third kappa shape index (κ3) is 3.02. The van der Waals surface area contributed by atoms with Gasteiger partial charge in [0, 0.05) is 22.4 Å². The summed E-state index contributed by atoms with van der Waals surface area (Å²) < 4.78 is 1.21. The van der Waals surface area contributed by atoms with Gasteiger partial charge in [0.1, 0.15) is 0 Å². The van der Waals surface area contributed by atoms with Crippen molar-refractivity contribution in [2.45, 2.75) is 31.8 Å². The minimum atomic E-state index is 0.844. The summed E-state index contributed by atoms with van der Waals surface area (Å²) in [6.45, 7) is 1.89. The van der Waals surface area contributed by atoms with Gasteiger partial charge in [-0.25, -0.2) is 0 Å². The highest BCUT2D eigenvalue weighted by molar-refractivity contribution is 9.10. The van der Waals surface area contributed by atoms with Crippen LogP contribution in [0, 0.1) is 0 Å². The molecule has 1 fully saturated rings. The van der Waals surface area contributed by atoms with E-state index in [1.54, 1.807) is 11.3 Å². The van der Waals surface area contributed by atoms with Crippen LogP contribution >= 0.6 is 27.3 Å². The van der Waals surface area contributed by atoms with Gasteiger partial charge in [0.15, 0.2) is 0 Å². The zero-order valence-electron chi connectivity index (χ0n) is 10.2. The van der Waals surface area contributed by atoms with Gasteiger partial charge in [-0.05, 0) is 57.3 Å². The Labute approximate surface area is 120 Å². The second-order valence-corrected chi connectivity index (χ2v) is 6.67. The first-order valence-electron chi connectivity index (χ1n) is 6.34. The van der Waals surface area contributed by atoms with Crippen molar-refractivity contribution < 1.29 is 0 Å². The van der Waals surface area contributed by atoms with Gasteiger partial charge >= 0.3 is 0 Å². The Morgan fingerprint density at radius 3 is 2.83 bits per heavy atom. The first kappa shape index (κ1) is 12.4. The van der Waals surface area contributed by atoms with Crippen LogP contribution in [0.15, 0.2) is 40.2 Å². The van der Waals surface area contributed by atoms with Crippen molar-refractivity contribution in [2.24, 2.45) is 0 Å². The smallest absolute Gasteiger partial charge is 0.0327 e. The topological polar surface area (TPSA) is 12.0 Å². The standard InChI is InChI=1S/C15H16BrNS/c16-14-6-7-18-15(14)10-17-9-11-2-1-3-13(8-11)12-4-5-12/h1-3,6-8,12,17H,4-5,9-10H2. The van der Waals surface area contributed by atoms with E-state index in [2.05, 4.69) is 57.0 Å². The van der Waals surface area contributed by atoms with Gasteiger partial charge in [-0.1, -0.05) is 24.3 Å². The first-order chi connectivity index (χ1) is 8.83. The van der Waals surface area contributed by atoms with Crippen molar-refractivity contribution in [3.63, 3.8) is 0 Å². The lowest BCUT2D eigenvalue weighted by atomic mass is 10.1. The average molecular weight is 322 g/mol. The Hall–Kier alpha value is -0.640. The van der Waals surface area contributed by atoms with Crippen molar-refractivity contribution in [2.75, 3.05) is 0 Å². The summed E-state index contributed by atoms with van der Waals surface area (Å²) in [5.41, 5.74) is 2.92. The highest BCUT2D eigenvalue weighted by Crippen LogP contribution is 2.40. The maximum Gasteiger partial charge on any atom is 0.0327 e. The van der Waals surface area contributed by atoms with E-state index in [1.807, 2.05) is 0 Å². The van der Waals surface area contributed by atoms with Gasteiger partial charge < -0.3 is 5.32 Å². The molecular formula is C15H16BrNS. The average Bonchev–Trinajstić information content (AvgIpc) is 3.15. The number of nitrogens with one attached hydrogen (secondary N) is 1. The molecule has 0 radical (unpaired) electrons. The molecule has 1 heterocycles. The zero-order valence-corrected chi connectivity index (χ0v) is 12.6. The molecule has 1 aliphatic rings. The van der Waals surface area contributed by atoms with Crippen LogP contribution in [-0.2, 0) is 13.1 Å². The van der Waals surface area contributed by atoms with Gasteiger partial charge in [0.2, 0.25) is 0 Å². The van der Waals surface area contributed by atoms with E-state index in [4.69, 9.17) is 0 Å². The summed E-state index contributed by atoms with van der Waals surface area (Å²) in [5, 5.41) is 5.63. The molecule has 0 spiro atoms. The lowest BCUT2D eigenvalue weighted by Gasteiger charge is -2.06. The van der Waals surface area contributed by atoms with Crippen LogP contribution in [0.1, 0.15) is 34.8 Å². The molecular weight excluding hydrogens is 306 g/mol. The fourth-order valence-corrected chi connectivity index (χ4v) is 3.61. The molecule has 1 aliphatic carbocycles. The lowest BCUT2D eigenvalue weighted by Crippen LogP contribution is -2.12. The normalized spacial score (nSPS) is 14.9. The maximum atomic E-state index is 3.56. The van der Waals surface area contributed by atoms with E-state index < -0.39 is 0 Å². The van der Waals surface area contributed by atoms with Crippen LogP contribution in [0.3, 0.4) is 0 Å². The van der Waals surface area contributed by atoms with Crippen LogP contribution < -0.4 is 5.32 Å². The van der Waals surface area contributed by atoms with Gasteiger partial charge in [-0.2, -0.15) is 0 Å². The molecule has 1 N–H and O–H groups in total. The van der Waals surface area contributed by atoms with Gasteiger partial charge in [-0.3, -0.25) is 0 Å². The molecule has 0 aliphatic heterocycles. The molecule has 18 heavy (non-hydrogen) atoms. The van der Waals surface area contributed by atoms with Crippen LogP contribution in [-0.4, -0.2) is 0 Å². The van der Waals surface area contributed by atoms with Crippen molar-refractivity contribution in [3.05, 3.63) is 56.2 Å². The van der Waals surface area contributed by atoms with Crippen LogP contribution in [0.5, 0.6) is 0 Å². The Morgan fingerprint density at radius 1 is 1.22 bits per heavy atom. The van der Waals surface area contributed by atoms with E-state index in [0.717, 1.165) is 19.0 Å². The number of hydrogen-bond acceptors (Lipinski definition) is 2. The number of rotatable bonds is 5. The molecule has 2 aromatic rings. The SMILES string of the molecule is Brc1ccsc1CNCc1cccc(C2CC2)c1. The second-order valence-electron chi connectivity index (χ2n) is 4.81. The zero-order chi connectivity index (χ0) is 12.4. The number of thiophene rings is 1. The van der Waals surface area contributed by atoms with Crippen molar-refractivity contribution in [1.29, 1.82) is 0 Å². The molecule has 1 aromatic heterocycles. The van der Waals surface area contributed by atoms with E-state index in [-0.39, 0.29) is 0 Å². The maximum absolute atomic E-state index is 3.56. The van der Waals surface area contributed by atoms with Crippen molar-refractivity contribution in [3.8, 4) is 0 Å². The summed E-state index contributed by atoms with van der Waals surface area (Å²) in [5.74, 6) is 0.844. The Bertz CT molecular complexity index is 531. The third-order valence-electron chi connectivity index (χ3n) is 3.31. The predicted molar refractivity (Wildman–Crippen MR) is 81.0 cm³/mol. The molecule has 0 atom stereocenters. The summed E-state index contributed by atoms with van der Waals surface area (Å²) in [7, 11) is 0.